The standard InChI is InChI=1S/C19H14ClN3O2/c1-24-16-7-12(13-10-22-25-11-13)6-15(9-16)23-19-4-5-21-18-3-2-14(20)8-17(18)19/h2-11H,1H3,(H,21,23). The Balaban J connectivity index is 1.78. The zero-order valence-corrected chi connectivity index (χ0v) is 14.1. The molecule has 2 aromatic heterocycles. The van der Waals surface area contributed by atoms with Gasteiger partial charge in [0.15, 0.2) is 0 Å². The average Bonchev–Trinajstić information content (AvgIpc) is 3.17. The third-order valence-corrected chi connectivity index (χ3v) is 4.13. The van der Waals surface area contributed by atoms with Crippen LogP contribution in [0.3, 0.4) is 0 Å². The maximum Gasteiger partial charge on any atom is 0.131 e. The molecule has 0 aliphatic heterocycles. The molecule has 0 aliphatic carbocycles. The SMILES string of the molecule is COc1cc(Nc2ccnc3ccc(Cl)cc23)cc(-c2cnoc2)c1. The van der Waals surface area contributed by atoms with E-state index in [1.54, 1.807) is 25.8 Å². The Morgan fingerprint density at radius 2 is 2.00 bits per heavy atom. The fraction of sp³-hybridized carbons (Fsp3) is 0.0526. The fourth-order valence-electron chi connectivity index (χ4n) is 2.69. The summed E-state index contributed by atoms with van der Waals surface area (Å²) in [5.41, 5.74) is 4.49. The number of fused-ring (bicyclic) bond motifs is 1. The molecule has 0 aliphatic rings. The molecular weight excluding hydrogens is 338 g/mol. The van der Waals surface area contributed by atoms with Crippen molar-refractivity contribution in [1.82, 2.24) is 10.1 Å². The number of nitrogens with one attached hydrogen (secondary N) is 1. The fourth-order valence-corrected chi connectivity index (χ4v) is 2.86. The number of benzene rings is 2. The number of ether oxygens (including phenoxy) is 1. The van der Waals surface area contributed by atoms with Crippen LogP contribution in [0.1, 0.15) is 0 Å². The number of hydrogen-bond acceptors (Lipinski definition) is 5. The Hall–Kier alpha value is -3.05. The summed E-state index contributed by atoms with van der Waals surface area (Å²) in [5.74, 6) is 0.734. The largest absolute Gasteiger partial charge is 0.497 e. The number of halogens is 1. The van der Waals surface area contributed by atoms with Crippen LogP contribution in [0.15, 0.2) is 65.6 Å². The lowest BCUT2D eigenvalue weighted by Gasteiger charge is -2.12. The summed E-state index contributed by atoms with van der Waals surface area (Å²) in [7, 11) is 1.64. The van der Waals surface area contributed by atoms with Crippen LogP contribution < -0.4 is 10.1 Å². The van der Waals surface area contributed by atoms with Gasteiger partial charge in [-0.25, -0.2) is 0 Å². The maximum atomic E-state index is 6.14. The Labute approximate surface area is 149 Å². The van der Waals surface area contributed by atoms with Crippen molar-refractivity contribution in [3.63, 3.8) is 0 Å². The second-order valence-corrected chi connectivity index (χ2v) is 5.94. The first-order chi connectivity index (χ1) is 12.2. The predicted molar refractivity (Wildman–Crippen MR) is 98.5 cm³/mol. The van der Waals surface area contributed by atoms with E-state index in [4.69, 9.17) is 20.9 Å². The van der Waals surface area contributed by atoms with E-state index >= 15 is 0 Å². The minimum atomic E-state index is 0.666. The number of rotatable bonds is 4. The lowest BCUT2D eigenvalue weighted by molar-refractivity contribution is 0.415. The van der Waals surface area contributed by atoms with Crippen molar-refractivity contribution >= 4 is 33.9 Å². The van der Waals surface area contributed by atoms with Crippen LogP contribution in [-0.4, -0.2) is 17.3 Å². The first-order valence-electron chi connectivity index (χ1n) is 7.63. The van der Waals surface area contributed by atoms with Crippen LogP contribution in [0.4, 0.5) is 11.4 Å². The second-order valence-electron chi connectivity index (χ2n) is 5.51. The van der Waals surface area contributed by atoms with Crippen molar-refractivity contribution in [2.24, 2.45) is 0 Å². The molecule has 4 rings (SSSR count). The van der Waals surface area contributed by atoms with Crippen molar-refractivity contribution in [3.8, 4) is 16.9 Å². The molecule has 0 saturated carbocycles. The van der Waals surface area contributed by atoms with Gasteiger partial charge in [0.05, 0.1) is 18.8 Å². The van der Waals surface area contributed by atoms with Gasteiger partial charge in [-0.3, -0.25) is 4.98 Å². The smallest absolute Gasteiger partial charge is 0.131 e. The molecule has 1 N–H and O–H groups in total. The first-order valence-corrected chi connectivity index (χ1v) is 8.01. The van der Waals surface area contributed by atoms with E-state index in [-0.39, 0.29) is 0 Å². The molecule has 25 heavy (non-hydrogen) atoms. The lowest BCUT2D eigenvalue weighted by Crippen LogP contribution is -1.94. The monoisotopic (exact) mass is 351 g/mol. The third-order valence-electron chi connectivity index (χ3n) is 3.89. The van der Waals surface area contributed by atoms with E-state index < -0.39 is 0 Å². The minimum absolute atomic E-state index is 0.666. The molecule has 2 aromatic carbocycles. The zero-order chi connectivity index (χ0) is 17.2. The summed E-state index contributed by atoms with van der Waals surface area (Å²) in [5, 5.41) is 8.80. The molecular formula is C19H14ClN3O2. The Bertz CT molecular complexity index is 1030. The van der Waals surface area contributed by atoms with Crippen LogP contribution in [0.2, 0.25) is 5.02 Å². The molecule has 0 saturated heterocycles. The number of hydrogen-bond donors (Lipinski definition) is 1. The van der Waals surface area contributed by atoms with Crippen LogP contribution >= 0.6 is 11.6 Å². The predicted octanol–water partition coefficient (Wildman–Crippen LogP) is 5.30. The van der Waals surface area contributed by atoms with Gasteiger partial charge in [0.25, 0.3) is 0 Å². The topological polar surface area (TPSA) is 60.2 Å². The minimum Gasteiger partial charge on any atom is -0.497 e. The van der Waals surface area contributed by atoms with Crippen LogP contribution in [-0.2, 0) is 0 Å². The molecule has 0 radical (unpaired) electrons. The molecule has 0 unspecified atom stereocenters. The van der Waals surface area contributed by atoms with Gasteiger partial charge in [0.2, 0.25) is 0 Å². The Morgan fingerprint density at radius 1 is 1.08 bits per heavy atom. The van der Waals surface area contributed by atoms with E-state index in [1.165, 1.54) is 0 Å². The highest BCUT2D eigenvalue weighted by molar-refractivity contribution is 6.31. The molecule has 5 nitrogen and oxygen atoms in total. The van der Waals surface area contributed by atoms with Crippen LogP contribution in [0.25, 0.3) is 22.0 Å². The Kier molecular flexibility index (Phi) is 3.99. The van der Waals surface area contributed by atoms with Gasteiger partial charge in [-0.2, -0.15) is 0 Å². The van der Waals surface area contributed by atoms with Crippen molar-refractivity contribution in [2.75, 3.05) is 12.4 Å². The van der Waals surface area contributed by atoms with Gasteiger partial charge in [-0.05, 0) is 42.0 Å². The Morgan fingerprint density at radius 3 is 2.80 bits per heavy atom. The summed E-state index contributed by atoms with van der Waals surface area (Å²) in [6, 6.07) is 13.4. The number of nitrogens with zero attached hydrogens (tertiary/aromatic N) is 2. The second kappa shape index (κ2) is 6.45. The molecule has 4 aromatic rings. The third kappa shape index (κ3) is 3.14. The zero-order valence-electron chi connectivity index (χ0n) is 13.4. The normalized spacial score (nSPS) is 10.8. The summed E-state index contributed by atoms with van der Waals surface area (Å²) >= 11 is 6.14. The number of pyridine rings is 1. The molecule has 6 heteroatoms. The molecule has 2 heterocycles. The summed E-state index contributed by atoms with van der Waals surface area (Å²) in [6.45, 7) is 0. The van der Waals surface area contributed by atoms with E-state index in [9.17, 15) is 0 Å². The van der Waals surface area contributed by atoms with Gasteiger partial charge < -0.3 is 14.6 Å². The van der Waals surface area contributed by atoms with Crippen molar-refractivity contribution in [2.45, 2.75) is 0 Å². The van der Waals surface area contributed by atoms with E-state index in [2.05, 4.69) is 15.5 Å². The summed E-state index contributed by atoms with van der Waals surface area (Å²) < 4.78 is 10.4. The molecule has 124 valence electrons. The van der Waals surface area contributed by atoms with Crippen molar-refractivity contribution < 1.29 is 9.26 Å². The first kappa shape index (κ1) is 15.5. The van der Waals surface area contributed by atoms with Crippen molar-refractivity contribution in [1.29, 1.82) is 0 Å². The number of methoxy groups -OCH3 is 1. The molecule has 0 fully saturated rings. The summed E-state index contributed by atoms with van der Waals surface area (Å²) in [6.07, 6.45) is 5.03. The van der Waals surface area contributed by atoms with Gasteiger partial charge in [0, 0.05) is 39.6 Å². The highest BCUT2D eigenvalue weighted by Crippen LogP contribution is 2.32. The van der Waals surface area contributed by atoms with E-state index in [0.29, 0.717) is 5.02 Å². The molecule has 0 amide bonds. The van der Waals surface area contributed by atoms with Crippen LogP contribution in [0, 0.1) is 0 Å². The maximum absolute atomic E-state index is 6.14. The molecule has 0 atom stereocenters. The van der Waals surface area contributed by atoms with E-state index in [0.717, 1.165) is 39.2 Å². The van der Waals surface area contributed by atoms with Gasteiger partial charge in [-0.15, -0.1) is 0 Å². The lowest BCUT2D eigenvalue weighted by atomic mass is 10.1. The number of anilines is 2. The van der Waals surface area contributed by atoms with Crippen molar-refractivity contribution in [3.05, 3.63) is 66.1 Å². The summed E-state index contributed by atoms with van der Waals surface area (Å²) in [4.78, 5) is 4.37. The van der Waals surface area contributed by atoms with Crippen LogP contribution in [0.5, 0.6) is 5.75 Å². The quantitative estimate of drug-likeness (QED) is 0.541. The van der Waals surface area contributed by atoms with E-state index in [1.807, 2.05) is 42.5 Å². The average molecular weight is 352 g/mol. The highest BCUT2D eigenvalue weighted by Gasteiger charge is 2.08. The highest BCUT2D eigenvalue weighted by atomic mass is 35.5. The molecule has 0 spiro atoms. The van der Waals surface area contributed by atoms with Gasteiger partial charge >= 0.3 is 0 Å². The van der Waals surface area contributed by atoms with Gasteiger partial charge in [0.1, 0.15) is 12.0 Å². The number of aromatic nitrogens is 2. The van der Waals surface area contributed by atoms with Gasteiger partial charge in [-0.1, -0.05) is 16.8 Å². The molecule has 0 bridgehead atoms.